The summed E-state index contributed by atoms with van der Waals surface area (Å²) in [6.45, 7) is 5.18. The average molecular weight is 566 g/mol. The number of rotatable bonds is 11. The fraction of sp³-hybridized carbons (Fsp3) is 0.419. The number of amides is 2. The van der Waals surface area contributed by atoms with E-state index in [-0.39, 0.29) is 31.4 Å². The number of carboxylic acids is 1. The molecular weight excluding hydrogens is 526 g/mol. The molecule has 3 aromatic rings. The number of hydrogen-bond acceptors (Lipinski definition) is 7. The van der Waals surface area contributed by atoms with Gasteiger partial charge in [0, 0.05) is 24.6 Å². The van der Waals surface area contributed by atoms with Crippen LogP contribution >= 0.6 is 0 Å². The van der Waals surface area contributed by atoms with Gasteiger partial charge >= 0.3 is 12.1 Å². The molecule has 1 fully saturated rings. The van der Waals surface area contributed by atoms with Crippen molar-refractivity contribution in [1.82, 2.24) is 10.3 Å². The first-order valence-electron chi connectivity index (χ1n) is 13.8. The lowest BCUT2D eigenvalue weighted by molar-refractivity contribution is -0.139. The summed E-state index contributed by atoms with van der Waals surface area (Å²) < 4.78 is 16.3. The van der Waals surface area contributed by atoms with Crippen LogP contribution in [0.4, 0.5) is 4.79 Å². The van der Waals surface area contributed by atoms with Gasteiger partial charge < -0.3 is 30.0 Å². The van der Waals surface area contributed by atoms with Crippen molar-refractivity contribution in [2.75, 3.05) is 6.61 Å². The standard InChI is InChI=1S/C23H30N2O5.C8H9NO2/c1-15-5-3-7-18(11-15)23-25-20(16(2)30-23)14-29-13-17-6-4-8-19(12-17)24-21(26)9-10-22(27)28;9-8(10)11-6-7-4-2-1-3-5-7/h3,5,7,11,17,19H,4,6,8-10,12-14H2,1-2H3,(H,24,26)(H,27,28);1-5H,6H2,(H2,9,10). The number of oxazole rings is 1. The Morgan fingerprint density at radius 2 is 1.83 bits per heavy atom. The molecule has 2 aromatic carbocycles. The Morgan fingerprint density at radius 3 is 2.54 bits per heavy atom. The van der Waals surface area contributed by atoms with Crippen LogP contribution in [0.5, 0.6) is 0 Å². The number of primary amides is 1. The van der Waals surface area contributed by atoms with Gasteiger partial charge in [0.1, 0.15) is 18.1 Å². The Balaban J connectivity index is 0.000000352. The molecule has 10 heteroatoms. The molecule has 2 amide bonds. The summed E-state index contributed by atoms with van der Waals surface area (Å²) >= 11 is 0. The highest BCUT2D eigenvalue weighted by Gasteiger charge is 2.24. The number of hydrogen-bond donors (Lipinski definition) is 3. The number of nitrogens with one attached hydrogen (secondary N) is 1. The molecule has 41 heavy (non-hydrogen) atoms. The number of nitrogens with two attached hydrogens (primary N) is 1. The zero-order valence-electron chi connectivity index (χ0n) is 23.6. The summed E-state index contributed by atoms with van der Waals surface area (Å²) in [6, 6.07) is 17.5. The fourth-order valence-electron chi connectivity index (χ4n) is 4.61. The molecule has 0 bridgehead atoms. The van der Waals surface area contributed by atoms with E-state index >= 15 is 0 Å². The van der Waals surface area contributed by atoms with E-state index in [2.05, 4.69) is 15.0 Å². The van der Waals surface area contributed by atoms with Crippen molar-refractivity contribution in [3.05, 3.63) is 77.2 Å². The number of benzene rings is 2. The zero-order valence-corrected chi connectivity index (χ0v) is 23.6. The van der Waals surface area contributed by atoms with E-state index in [0.717, 1.165) is 53.8 Å². The van der Waals surface area contributed by atoms with Gasteiger partial charge in [0.25, 0.3) is 0 Å². The molecule has 0 radical (unpaired) electrons. The number of nitrogens with zero attached hydrogens (tertiary/aromatic N) is 1. The molecule has 1 heterocycles. The third-order valence-corrected chi connectivity index (χ3v) is 6.69. The van der Waals surface area contributed by atoms with Crippen molar-refractivity contribution >= 4 is 18.0 Å². The molecule has 1 aliphatic rings. The number of aryl methyl sites for hydroxylation is 2. The van der Waals surface area contributed by atoms with Crippen LogP contribution < -0.4 is 11.1 Å². The monoisotopic (exact) mass is 565 g/mol. The van der Waals surface area contributed by atoms with Gasteiger partial charge in [-0.25, -0.2) is 9.78 Å². The van der Waals surface area contributed by atoms with Crippen molar-refractivity contribution in [1.29, 1.82) is 0 Å². The third kappa shape index (κ3) is 11.4. The minimum Gasteiger partial charge on any atom is -0.481 e. The van der Waals surface area contributed by atoms with Gasteiger partial charge in [-0.3, -0.25) is 9.59 Å². The Morgan fingerprint density at radius 1 is 1.05 bits per heavy atom. The van der Waals surface area contributed by atoms with Crippen molar-refractivity contribution in [3.63, 3.8) is 0 Å². The maximum atomic E-state index is 11.9. The van der Waals surface area contributed by atoms with Gasteiger partial charge in [-0.05, 0) is 56.7 Å². The predicted molar refractivity (Wildman–Crippen MR) is 153 cm³/mol. The van der Waals surface area contributed by atoms with Gasteiger partial charge in [0.2, 0.25) is 11.8 Å². The largest absolute Gasteiger partial charge is 0.481 e. The molecule has 1 aromatic heterocycles. The summed E-state index contributed by atoms with van der Waals surface area (Å²) in [5, 5.41) is 11.7. The van der Waals surface area contributed by atoms with Crippen molar-refractivity contribution in [2.45, 2.75) is 71.6 Å². The first kappa shape index (κ1) is 31.3. The smallest absolute Gasteiger partial charge is 0.404 e. The van der Waals surface area contributed by atoms with Crippen molar-refractivity contribution in [3.8, 4) is 11.5 Å². The van der Waals surface area contributed by atoms with Crippen LogP contribution in [0.3, 0.4) is 0 Å². The van der Waals surface area contributed by atoms with Crippen LogP contribution in [0.15, 0.2) is 59.0 Å². The number of aromatic nitrogens is 1. The highest BCUT2D eigenvalue weighted by Crippen LogP contribution is 2.26. The Kier molecular flexibility index (Phi) is 12.4. The molecule has 10 nitrogen and oxygen atoms in total. The number of carbonyl (C=O) groups excluding carboxylic acids is 2. The second-order valence-electron chi connectivity index (χ2n) is 10.2. The van der Waals surface area contributed by atoms with Crippen molar-refractivity contribution < 1.29 is 33.4 Å². The Labute approximate surface area is 240 Å². The lowest BCUT2D eigenvalue weighted by Gasteiger charge is -2.29. The van der Waals surface area contributed by atoms with Crippen LogP contribution in [0.1, 0.15) is 61.1 Å². The molecule has 2 atom stereocenters. The molecule has 0 aliphatic heterocycles. The molecule has 220 valence electrons. The maximum Gasteiger partial charge on any atom is 0.404 e. The number of aliphatic carboxylic acids is 1. The lowest BCUT2D eigenvalue weighted by Crippen LogP contribution is -2.39. The van der Waals surface area contributed by atoms with Crippen molar-refractivity contribution in [2.24, 2.45) is 11.7 Å². The maximum absolute atomic E-state index is 11.9. The summed E-state index contributed by atoms with van der Waals surface area (Å²) in [6.07, 6.45) is 3.03. The Hall–Kier alpha value is -4.18. The summed E-state index contributed by atoms with van der Waals surface area (Å²) in [4.78, 5) is 37.2. The molecule has 4 rings (SSSR count). The first-order valence-corrected chi connectivity index (χ1v) is 13.8. The molecule has 2 unspecified atom stereocenters. The number of carboxylic acid groups (broad SMARTS) is 1. The summed E-state index contributed by atoms with van der Waals surface area (Å²) in [5.41, 5.74) is 8.63. The van der Waals surface area contributed by atoms with E-state index in [1.807, 2.05) is 68.4 Å². The van der Waals surface area contributed by atoms with Gasteiger partial charge in [0.15, 0.2) is 0 Å². The normalized spacial score (nSPS) is 16.2. The minimum atomic E-state index is -0.950. The highest BCUT2D eigenvalue weighted by atomic mass is 16.5. The molecule has 1 saturated carbocycles. The number of ether oxygens (including phenoxy) is 2. The SMILES string of the molecule is Cc1cccc(-c2nc(COCC3CCCC(NC(=O)CCC(=O)O)C3)c(C)o2)c1.NC(=O)OCc1ccccc1. The van der Waals surface area contributed by atoms with Gasteiger partial charge in [-0.2, -0.15) is 0 Å². The van der Waals surface area contributed by atoms with Crippen LogP contribution in [0, 0.1) is 19.8 Å². The van der Waals surface area contributed by atoms with E-state index < -0.39 is 12.1 Å². The number of carbonyl (C=O) groups is 3. The second kappa shape index (κ2) is 16.2. The molecule has 0 spiro atoms. The van der Waals surface area contributed by atoms with E-state index in [1.54, 1.807) is 0 Å². The van der Waals surface area contributed by atoms with Crippen LogP contribution in [0.2, 0.25) is 0 Å². The van der Waals surface area contributed by atoms with E-state index in [4.69, 9.17) is 20.0 Å². The van der Waals surface area contributed by atoms with E-state index in [0.29, 0.717) is 25.0 Å². The molecule has 4 N–H and O–H groups in total. The Bertz CT molecular complexity index is 1280. The third-order valence-electron chi connectivity index (χ3n) is 6.69. The topological polar surface area (TPSA) is 154 Å². The fourth-order valence-corrected chi connectivity index (χ4v) is 4.61. The molecule has 0 saturated heterocycles. The highest BCUT2D eigenvalue weighted by molar-refractivity contribution is 5.80. The quantitative estimate of drug-likeness (QED) is 0.283. The van der Waals surface area contributed by atoms with Gasteiger partial charge in [0.05, 0.1) is 13.0 Å². The zero-order chi connectivity index (χ0) is 29.6. The first-order chi connectivity index (χ1) is 19.7. The van der Waals surface area contributed by atoms with E-state index in [9.17, 15) is 14.4 Å². The van der Waals surface area contributed by atoms with Gasteiger partial charge in [-0.1, -0.05) is 54.4 Å². The van der Waals surface area contributed by atoms with E-state index in [1.165, 1.54) is 0 Å². The molecular formula is C31H39N3O7. The summed E-state index contributed by atoms with van der Waals surface area (Å²) in [7, 11) is 0. The van der Waals surface area contributed by atoms with Crippen LogP contribution in [-0.2, 0) is 32.3 Å². The average Bonchev–Trinajstić information content (AvgIpc) is 3.32. The molecule has 1 aliphatic carbocycles. The minimum absolute atomic E-state index is 0.0295. The second-order valence-corrected chi connectivity index (χ2v) is 10.2. The van der Waals surface area contributed by atoms with Crippen LogP contribution in [0.25, 0.3) is 11.5 Å². The van der Waals surface area contributed by atoms with Gasteiger partial charge in [-0.15, -0.1) is 0 Å². The lowest BCUT2D eigenvalue weighted by atomic mass is 9.86. The summed E-state index contributed by atoms with van der Waals surface area (Å²) in [5.74, 6) is 0.599. The van der Waals surface area contributed by atoms with Crippen LogP contribution in [-0.4, -0.2) is 40.7 Å². The predicted octanol–water partition coefficient (Wildman–Crippen LogP) is 5.30.